The lowest BCUT2D eigenvalue weighted by atomic mass is 9.95. The number of rotatable bonds is 5. The summed E-state index contributed by atoms with van der Waals surface area (Å²) in [5.74, 6) is 1.28. The molecule has 1 N–H and O–H groups in total. The summed E-state index contributed by atoms with van der Waals surface area (Å²) in [6, 6.07) is 5.87. The lowest BCUT2D eigenvalue weighted by Crippen LogP contribution is -2.36. The minimum Gasteiger partial charge on any atom is -0.492 e. The number of nitrogens with one attached hydrogen (secondary N) is 1. The molecule has 116 valence electrons. The van der Waals surface area contributed by atoms with Crippen molar-refractivity contribution in [3.05, 3.63) is 28.2 Å². The number of hydrogen-bond donors (Lipinski definition) is 1. The molecule has 0 unspecified atom stereocenters. The maximum Gasteiger partial charge on any atom is 0.251 e. The van der Waals surface area contributed by atoms with Crippen LogP contribution in [0.3, 0.4) is 0 Å². The molecule has 1 aromatic carbocycles. The first-order valence-corrected chi connectivity index (χ1v) is 8.59. The summed E-state index contributed by atoms with van der Waals surface area (Å²) in [4.78, 5) is 12.3. The van der Waals surface area contributed by atoms with Gasteiger partial charge in [0.05, 0.1) is 11.1 Å². The summed E-state index contributed by atoms with van der Waals surface area (Å²) < 4.78 is 6.54. The minimum atomic E-state index is 0.0120. The van der Waals surface area contributed by atoms with Gasteiger partial charge >= 0.3 is 0 Å². The molecule has 0 heterocycles. The number of carbonyl (C=O) groups is 1. The Morgan fingerprint density at radius 3 is 2.67 bits per heavy atom. The van der Waals surface area contributed by atoms with Crippen molar-refractivity contribution >= 4 is 21.8 Å². The molecule has 0 aromatic heterocycles. The van der Waals surface area contributed by atoms with E-state index in [0.717, 1.165) is 23.1 Å². The van der Waals surface area contributed by atoms with Crippen LogP contribution >= 0.6 is 15.9 Å². The fraction of sp³-hybridized carbons (Fsp3) is 0.588. The van der Waals surface area contributed by atoms with Gasteiger partial charge in [0.15, 0.2) is 0 Å². The third-order valence-electron chi connectivity index (χ3n) is 3.71. The van der Waals surface area contributed by atoms with E-state index < -0.39 is 0 Å². The van der Waals surface area contributed by atoms with Crippen LogP contribution in [0.15, 0.2) is 22.7 Å². The Balaban J connectivity index is 1.96. The number of carbonyl (C=O) groups excluding carboxylic acids is 1. The molecule has 0 bridgehead atoms. The van der Waals surface area contributed by atoms with Gasteiger partial charge in [-0.2, -0.15) is 0 Å². The standard InChI is InChI=1S/C17H24BrNO2/c1-12(2)11-21-16-9-8-13(10-15(16)18)17(20)19-14-6-4-3-5-7-14/h8-10,12,14H,3-7,11H2,1-2H3,(H,19,20). The fourth-order valence-corrected chi connectivity index (χ4v) is 3.02. The zero-order valence-electron chi connectivity index (χ0n) is 12.8. The van der Waals surface area contributed by atoms with E-state index in [1.54, 1.807) is 0 Å². The first-order chi connectivity index (χ1) is 10.1. The molecule has 1 aliphatic rings. The van der Waals surface area contributed by atoms with Gasteiger partial charge in [-0.15, -0.1) is 0 Å². The Morgan fingerprint density at radius 2 is 2.05 bits per heavy atom. The quantitative estimate of drug-likeness (QED) is 0.843. The molecule has 1 fully saturated rings. The fourth-order valence-electron chi connectivity index (χ4n) is 2.53. The number of halogens is 1. The maximum absolute atomic E-state index is 12.3. The highest BCUT2D eigenvalue weighted by Gasteiger charge is 2.17. The minimum absolute atomic E-state index is 0.0120. The SMILES string of the molecule is CC(C)COc1ccc(C(=O)NC2CCCCC2)cc1Br. The molecule has 0 radical (unpaired) electrons. The van der Waals surface area contributed by atoms with Gasteiger partial charge in [-0.3, -0.25) is 4.79 Å². The smallest absolute Gasteiger partial charge is 0.251 e. The van der Waals surface area contributed by atoms with Crippen LogP contribution < -0.4 is 10.1 Å². The molecular formula is C17H24BrNO2. The highest BCUT2D eigenvalue weighted by molar-refractivity contribution is 9.10. The van der Waals surface area contributed by atoms with E-state index in [-0.39, 0.29) is 5.91 Å². The third-order valence-corrected chi connectivity index (χ3v) is 4.33. The second-order valence-corrected chi connectivity index (χ2v) is 7.01. The van der Waals surface area contributed by atoms with Gasteiger partial charge in [-0.1, -0.05) is 33.1 Å². The van der Waals surface area contributed by atoms with Crippen molar-refractivity contribution in [3.8, 4) is 5.75 Å². The summed E-state index contributed by atoms with van der Waals surface area (Å²) in [6.45, 7) is 4.89. The second-order valence-electron chi connectivity index (χ2n) is 6.16. The van der Waals surface area contributed by atoms with Crippen LogP contribution in [0.5, 0.6) is 5.75 Å². The number of amides is 1. The van der Waals surface area contributed by atoms with Gasteiger partial charge in [0.2, 0.25) is 0 Å². The average Bonchev–Trinajstić information content (AvgIpc) is 2.46. The van der Waals surface area contributed by atoms with E-state index in [1.165, 1.54) is 19.3 Å². The third kappa shape index (κ3) is 5.03. The predicted molar refractivity (Wildman–Crippen MR) is 88.8 cm³/mol. The van der Waals surface area contributed by atoms with Crippen LogP contribution in [0, 0.1) is 5.92 Å². The molecular weight excluding hydrogens is 330 g/mol. The van der Waals surface area contributed by atoms with Gasteiger partial charge < -0.3 is 10.1 Å². The van der Waals surface area contributed by atoms with Gasteiger partial charge in [-0.25, -0.2) is 0 Å². The monoisotopic (exact) mass is 353 g/mol. The van der Waals surface area contributed by atoms with Gasteiger partial charge in [0.1, 0.15) is 5.75 Å². The maximum atomic E-state index is 12.3. The molecule has 1 saturated carbocycles. The normalized spacial score (nSPS) is 16.0. The Kier molecular flexibility index (Phi) is 6.09. The summed E-state index contributed by atoms with van der Waals surface area (Å²) >= 11 is 3.49. The molecule has 1 aromatic rings. The van der Waals surface area contributed by atoms with Crippen LogP contribution in [-0.4, -0.2) is 18.6 Å². The van der Waals surface area contributed by atoms with Crippen LogP contribution in [0.4, 0.5) is 0 Å². The highest BCUT2D eigenvalue weighted by atomic mass is 79.9. The Hall–Kier alpha value is -1.03. The molecule has 0 atom stereocenters. The van der Waals surface area contributed by atoms with Gasteiger partial charge in [0.25, 0.3) is 5.91 Å². The molecule has 0 spiro atoms. The van der Waals surface area contributed by atoms with Crippen molar-refractivity contribution in [1.29, 1.82) is 0 Å². The van der Waals surface area contributed by atoms with Crippen molar-refractivity contribution in [2.75, 3.05) is 6.61 Å². The molecule has 3 nitrogen and oxygen atoms in total. The zero-order valence-corrected chi connectivity index (χ0v) is 14.4. The summed E-state index contributed by atoms with van der Waals surface area (Å²) in [5.41, 5.74) is 0.685. The van der Waals surface area contributed by atoms with E-state index in [9.17, 15) is 4.79 Å². The second kappa shape index (κ2) is 7.83. The van der Waals surface area contributed by atoms with Crippen molar-refractivity contribution in [2.45, 2.75) is 52.0 Å². The van der Waals surface area contributed by atoms with E-state index in [4.69, 9.17) is 4.74 Å². The summed E-state index contributed by atoms with van der Waals surface area (Å²) in [6.07, 6.45) is 5.93. The largest absolute Gasteiger partial charge is 0.492 e. The van der Waals surface area contributed by atoms with Gasteiger partial charge in [-0.05, 0) is 52.9 Å². The van der Waals surface area contributed by atoms with Crippen LogP contribution in [0.1, 0.15) is 56.3 Å². The molecule has 0 saturated heterocycles. The topological polar surface area (TPSA) is 38.3 Å². The van der Waals surface area contributed by atoms with Gasteiger partial charge in [0, 0.05) is 11.6 Å². The zero-order chi connectivity index (χ0) is 15.2. The number of benzene rings is 1. The predicted octanol–water partition coefficient (Wildman–Crippen LogP) is 4.55. The highest BCUT2D eigenvalue weighted by Crippen LogP contribution is 2.27. The number of ether oxygens (including phenoxy) is 1. The van der Waals surface area contributed by atoms with Crippen LogP contribution in [0.2, 0.25) is 0 Å². The first kappa shape index (κ1) is 16.3. The van der Waals surface area contributed by atoms with E-state index >= 15 is 0 Å². The van der Waals surface area contributed by atoms with Crippen molar-refractivity contribution in [2.24, 2.45) is 5.92 Å². The van der Waals surface area contributed by atoms with Crippen molar-refractivity contribution < 1.29 is 9.53 Å². The van der Waals surface area contributed by atoms with Crippen LogP contribution in [-0.2, 0) is 0 Å². The van der Waals surface area contributed by atoms with E-state index in [0.29, 0.717) is 24.1 Å². The van der Waals surface area contributed by atoms with E-state index in [1.807, 2.05) is 18.2 Å². The summed E-state index contributed by atoms with van der Waals surface area (Å²) in [5, 5.41) is 3.13. The van der Waals surface area contributed by atoms with E-state index in [2.05, 4.69) is 35.1 Å². The molecule has 1 amide bonds. The van der Waals surface area contributed by atoms with Crippen LogP contribution in [0.25, 0.3) is 0 Å². The Morgan fingerprint density at radius 1 is 1.33 bits per heavy atom. The van der Waals surface area contributed by atoms with Crippen molar-refractivity contribution in [3.63, 3.8) is 0 Å². The lowest BCUT2D eigenvalue weighted by molar-refractivity contribution is 0.0927. The Labute approximate surface area is 135 Å². The molecule has 4 heteroatoms. The summed E-state index contributed by atoms with van der Waals surface area (Å²) in [7, 11) is 0. The lowest BCUT2D eigenvalue weighted by Gasteiger charge is -2.22. The average molecular weight is 354 g/mol. The first-order valence-electron chi connectivity index (χ1n) is 7.79. The molecule has 1 aliphatic carbocycles. The molecule has 21 heavy (non-hydrogen) atoms. The Bertz CT molecular complexity index is 482. The molecule has 2 rings (SSSR count). The molecule has 0 aliphatic heterocycles. The number of hydrogen-bond acceptors (Lipinski definition) is 2. The van der Waals surface area contributed by atoms with Crippen molar-refractivity contribution in [1.82, 2.24) is 5.32 Å².